The van der Waals surface area contributed by atoms with Crippen LogP contribution >= 0.6 is 0 Å². The van der Waals surface area contributed by atoms with Crippen LogP contribution in [0.25, 0.3) is 5.69 Å². The summed E-state index contributed by atoms with van der Waals surface area (Å²) in [5.74, 6) is -0.398. The SMILES string of the molecule is CC(NS(=O)(=O)c1cccc(C(=O)Nc2ccc(-n3cccn3)cc2)c1)c1ccccc1. The Kier molecular flexibility index (Phi) is 6.16. The zero-order chi connectivity index (χ0) is 22.6. The summed E-state index contributed by atoms with van der Waals surface area (Å²) in [6.45, 7) is 1.77. The summed E-state index contributed by atoms with van der Waals surface area (Å²) in [4.78, 5) is 12.7. The molecule has 1 amide bonds. The van der Waals surface area contributed by atoms with Gasteiger partial charge in [-0.2, -0.15) is 5.10 Å². The van der Waals surface area contributed by atoms with Crippen molar-refractivity contribution >= 4 is 21.6 Å². The lowest BCUT2D eigenvalue weighted by atomic mass is 10.1. The van der Waals surface area contributed by atoms with Gasteiger partial charge in [0.25, 0.3) is 5.91 Å². The molecule has 32 heavy (non-hydrogen) atoms. The van der Waals surface area contributed by atoms with Gasteiger partial charge in [0.2, 0.25) is 10.0 Å². The van der Waals surface area contributed by atoms with E-state index in [9.17, 15) is 13.2 Å². The maximum Gasteiger partial charge on any atom is 0.255 e. The van der Waals surface area contributed by atoms with Crippen molar-refractivity contribution in [3.63, 3.8) is 0 Å². The summed E-state index contributed by atoms with van der Waals surface area (Å²) in [5, 5.41) is 6.96. The standard InChI is InChI=1S/C24H22N4O3S/c1-18(19-7-3-2-4-8-19)27-32(30,31)23-10-5-9-20(17-23)24(29)26-21-11-13-22(14-12-21)28-16-6-15-25-28/h2-18,27H,1H3,(H,26,29). The number of carbonyl (C=O) groups is 1. The van der Waals surface area contributed by atoms with E-state index in [4.69, 9.17) is 0 Å². The molecule has 0 aliphatic rings. The Balaban J connectivity index is 1.47. The summed E-state index contributed by atoms with van der Waals surface area (Å²) in [6, 6.07) is 23.9. The molecule has 7 nitrogen and oxygen atoms in total. The van der Waals surface area contributed by atoms with Crippen LogP contribution in [0.2, 0.25) is 0 Å². The second-order valence-electron chi connectivity index (χ2n) is 7.23. The van der Waals surface area contributed by atoms with Gasteiger partial charge in [0.1, 0.15) is 0 Å². The van der Waals surface area contributed by atoms with E-state index in [1.54, 1.807) is 42.1 Å². The first-order valence-corrected chi connectivity index (χ1v) is 11.5. The number of anilines is 1. The van der Waals surface area contributed by atoms with Crippen molar-refractivity contribution in [1.29, 1.82) is 0 Å². The van der Waals surface area contributed by atoms with Gasteiger partial charge in [0.05, 0.1) is 10.6 Å². The molecule has 3 aromatic carbocycles. The molecular weight excluding hydrogens is 424 g/mol. The van der Waals surface area contributed by atoms with Crippen LogP contribution in [-0.4, -0.2) is 24.1 Å². The predicted octanol–water partition coefficient (Wildman–Crippen LogP) is 4.16. The van der Waals surface area contributed by atoms with Gasteiger partial charge < -0.3 is 5.32 Å². The summed E-state index contributed by atoms with van der Waals surface area (Å²) in [6.07, 6.45) is 3.51. The van der Waals surface area contributed by atoms with E-state index in [1.165, 1.54) is 12.1 Å². The quantitative estimate of drug-likeness (QED) is 0.446. The minimum absolute atomic E-state index is 0.0296. The number of rotatable bonds is 7. The van der Waals surface area contributed by atoms with E-state index in [-0.39, 0.29) is 10.5 Å². The highest BCUT2D eigenvalue weighted by Crippen LogP contribution is 2.19. The average molecular weight is 447 g/mol. The highest BCUT2D eigenvalue weighted by atomic mass is 32.2. The van der Waals surface area contributed by atoms with Crippen LogP contribution in [0.5, 0.6) is 0 Å². The van der Waals surface area contributed by atoms with E-state index in [0.29, 0.717) is 5.69 Å². The van der Waals surface area contributed by atoms with Gasteiger partial charge in [0, 0.05) is 29.7 Å². The van der Waals surface area contributed by atoms with Crippen molar-refractivity contribution in [1.82, 2.24) is 14.5 Å². The number of sulfonamides is 1. The number of hydrogen-bond donors (Lipinski definition) is 2. The molecule has 0 fully saturated rings. The van der Waals surface area contributed by atoms with Crippen molar-refractivity contribution < 1.29 is 13.2 Å². The predicted molar refractivity (Wildman–Crippen MR) is 123 cm³/mol. The Bertz CT molecular complexity index is 1300. The fraction of sp³-hybridized carbons (Fsp3) is 0.0833. The molecule has 0 aliphatic carbocycles. The van der Waals surface area contributed by atoms with E-state index < -0.39 is 22.0 Å². The normalized spacial score (nSPS) is 12.3. The van der Waals surface area contributed by atoms with Gasteiger partial charge in [-0.1, -0.05) is 36.4 Å². The number of nitrogens with zero attached hydrogens (tertiary/aromatic N) is 2. The number of carbonyl (C=O) groups excluding carboxylic acids is 1. The first kappa shape index (κ1) is 21.5. The third-order valence-electron chi connectivity index (χ3n) is 4.93. The minimum atomic E-state index is -3.81. The van der Waals surface area contributed by atoms with Gasteiger partial charge >= 0.3 is 0 Å². The summed E-state index contributed by atoms with van der Waals surface area (Å²) < 4.78 is 30.1. The van der Waals surface area contributed by atoms with E-state index in [1.807, 2.05) is 54.7 Å². The van der Waals surface area contributed by atoms with Crippen LogP contribution in [0.4, 0.5) is 5.69 Å². The summed E-state index contributed by atoms with van der Waals surface area (Å²) >= 11 is 0. The second-order valence-corrected chi connectivity index (χ2v) is 8.95. The first-order chi connectivity index (χ1) is 15.4. The monoisotopic (exact) mass is 446 g/mol. The Morgan fingerprint density at radius 1 is 0.938 bits per heavy atom. The largest absolute Gasteiger partial charge is 0.322 e. The van der Waals surface area contributed by atoms with Crippen molar-refractivity contribution in [3.8, 4) is 5.69 Å². The fourth-order valence-corrected chi connectivity index (χ4v) is 4.51. The highest BCUT2D eigenvalue weighted by Gasteiger charge is 2.20. The van der Waals surface area contributed by atoms with Gasteiger partial charge in [-0.25, -0.2) is 17.8 Å². The van der Waals surface area contributed by atoms with E-state index in [0.717, 1.165) is 11.3 Å². The van der Waals surface area contributed by atoms with Crippen molar-refractivity contribution in [3.05, 3.63) is 108 Å². The van der Waals surface area contributed by atoms with Crippen LogP contribution in [0.3, 0.4) is 0 Å². The highest BCUT2D eigenvalue weighted by molar-refractivity contribution is 7.89. The molecule has 1 atom stereocenters. The van der Waals surface area contributed by atoms with Gasteiger partial charge in [0.15, 0.2) is 0 Å². The smallest absolute Gasteiger partial charge is 0.255 e. The topological polar surface area (TPSA) is 93.1 Å². The molecule has 1 heterocycles. The molecule has 4 rings (SSSR count). The van der Waals surface area contributed by atoms with E-state index >= 15 is 0 Å². The molecule has 0 aliphatic heterocycles. The Morgan fingerprint density at radius 2 is 1.69 bits per heavy atom. The number of benzene rings is 3. The van der Waals surface area contributed by atoms with Crippen LogP contribution < -0.4 is 10.0 Å². The van der Waals surface area contributed by atoms with Crippen LogP contribution in [0, 0.1) is 0 Å². The molecule has 4 aromatic rings. The van der Waals surface area contributed by atoms with Crippen molar-refractivity contribution in [2.24, 2.45) is 0 Å². The summed E-state index contributed by atoms with van der Waals surface area (Å²) in [7, 11) is -3.81. The molecule has 0 saturated heterocycles. The summed E-state index contributed by atoms with van der Waals surface area (Å²) in [5.41, 5.74) is 2.55. The number of aromatic nitrogens is 2. The molecule has 2 N–H and O–H groups in total. The molecule has 0 bridgehead atoms. The number of hydrogen-bond acceptors (Lipinski definition) is 4. The molecule has 8 heteroatoms. The van der Waals surface area contributed by atoms with Crippen LogP contribution in [0.1, 0.15) is 28.9 Å². The van der Waals surface area contributed by atoms with Crippen LogP contribution in [0.15, 0.2) is 102 Å². The maximum absolute atomic E-state index is 12.8. The molecule has 1 unspecified atom stereocenters. The lowest BCUT2D eigenvalue weighted by Gasteiger charge is -2.15. The third-order valence-corrected chi connectivity index (χ3v) is 6.47. The van der Waals surface area contributed by atoms with Gasteiger partial charge in [-0.05, 0) is 61.0 Å². The van der Waals surface area contributed by atoms with Gasteiger partial charge in [-0.15, -0.1) is 0 Å². The zero-order valence-electron chi connectivity index (χ0n) is 17.3. The lowest BCUT2D eigenvalue weighted by molar-refractivity contribution is 0.102. The lowest BCUT2D eigenvalue weighted by Crippen LogP contribution is -2.27. The average Bonchev–Trinajstić information content (AvgIpc) is 3.35. The molecular formula is C24H22N4O3S. The zero-order valence-corrected chi connectivity index (χ0v) is 18.2. The Morgan fingerprint density at radius 3 is 2.38 bits per heavy atom. The van der Waals surface area contributed by atoms with Crippen LogP contribution in [-0.2, 0) is 10.0 Å². The molecule has 0 radical (unpaired) electrons. The number of nitrogens with one attached hydrogen (secondary N) is 2. The molecule has 162 valence electrons. The maximum atomic E-state index is 12.8. The number of amides is 1. The fourth-order valence-electron chi connectivity index (χ4n) is 3.24. The molecule has 0 spiro atoms. The van der Waals surface area contributed by atoms with E-state index in [2.05, 4.69) is 15.1 Å². The van der Waals surface area contributed by atoms with Crippen molar-refractivity contribution in [2.75, 3.05) is 5.32 Å². The van der Waals surface area contributed by atoms with Crippen molar-refractivity contribution in [2.45, 2.75) is 17.9 Å². The first-order valence-electron chi connectivity index (χ1n) is 10.0. The third kappa shape index (κ3) is 4.93. The van der Waals surface area contributed by atoms with Gasteiger partial charge in [-0.3, -0.25) is 4.79 Å². The second kappa shape index (κ2) is 9.17. The molecule has 1 aromatic heterocycles. The minimum Gasteiger partial charge on any atom is -0.322 e. The Hall–Kier alpha value is -3.75. The molecule has 0 saturated carbocycles. The Labute approximate surface area is 186 Å².